The highest BCUT2D eigenvalue weighted by atomic mass is 16.5. The third-order valence-electron chi connectivity index (χ3n) is 3.47. The van der Waals surface area contributed by atoms with Crippen molar-refractivity contribution in [1.29, 1.82) is 0 Å². The maximum atomic E-state index is 11.9. The van der Waals surface area contributed by atoms with Crippen LogP contribution in [0.5, 0.6) is 5.75 Å². The average Bonchev–Trinajstić information content (AvgIpc) is 2.56. The van der Waals surface area contributed by atoms with Gasteiger partial charge < -0.3 is 14.8 Å². The molecule has 2 rings (SSSR count). The lowest BCUT2D eigenvalue weighted by atomic mass is 10.0. The first kappa shape index (κ1) is 16.0. The molecule has 1 atom stereocenters. The lowest BCUT2D eigenvalue weighted by Gasteiger charge is -2.18. The summed E-state index contributed by atoms with van der Waals surface area (Å²) in [7, 11) is 3.12. The molecule has 0 aliphatic carbocycles. The van der Waals surface area contributed by atoms with E-state index >= 15 is 0 Å². The monoisotopic (exact) mass is 299 g/mol. The van der Waals surface area contributed by atoms with E-state index in [1.807, 2.05) is 55.5 Å². The number of hydrogen-bond acceptors (Lipinski definition) is 3. The minimum atomic E-state index is -0.636. The van der Waals surface area contributed by atoms with Crippen LogP contribution in [-0.4, -0.2) is 20.1 Å². The third-order valence-corrected chi connectivity index (χ3v) is 3.47. The summed E-state index contributed by atoms with van der Waals surface area (Å²) < 4.78 is 11.1. The van der Waals surface area contributed by atoms with Gasteiger partial charge in [-0.2, -0.15) is 0 Å². The van der Waals surface area contributed by atoms with Crippen LogP contribution in [-0.2, 0) is 16.1 Å². The first-order valence-corrected chi connectivity index (χ1v) is 7.17. The molecule has 0 spiro atoms. The highest BCUT2D eigenvalue weighted by molar-refractivity contribution is 5.82. The van der Waals surface area contributed by atoms with Crippen molar-refractivity contribution in [2.75, 3.05) is 14.2 Å². The number of ether oxygens (including phenoxy) is 2. The van der Waals surface area contributed by atoms with Gasteiger partial charge in [-0.3, -0.25) is 4.79 Å². The number of carbonyl (C=O) groups is 1. The number of carbonyl (C=O) groups excluding carboxylic acids is 1. The van der Waals surface area contributed by atoms with Gasteiger partial charge in [0, 0.05) is 14.2 Å². The van der Waals surface area contributed by atoms with Gasteiger partial charge in [0.05, 0.1) is 0 Å². The van der Waals surface area contributed by atoms with E-state index in [0.717, 1.165) is 16.9 Å². The number of methoxy groups -OCH3 is 1. The molecule has 2 aromatic carbocycles. The standard InChI is InChI=1S/C18H21NO3/c1-13-8-10-15(11-9-13)22-12-14-6-4-5-7-16(14)17(21-3)18(20)19-2/h4-11,17H,12H2,1-3H3,(H,19,20). The summed E-state index contributed by atoms with van der Waals surface area (Å²) in [4.78, 5) is 11.9. The Morgan fingerprint density at radius 2 is 1.82 bits per heavy atom. The van der Waals surface area contributed by atoms with E-state index in [0.29, 0.717) is 6.61 Å². The zero-order valence-electron chi connectivity index (χ0n) is 13.1. The molecule has 1 N–H and O–H groups in total. The van der Waals surface area contributed by atoms with Crippen LogP contribution in [0.25, 0.3) is 0 Å². The highest BCUT2D eigenvalue weighted by Crippen LogP contribution is 2.23. The molecular formula is C18H21NO3. The molecular weight excluding hydrogens is 278 g/mol. The second kappa shape index (κ2) is 7.61. The average molecular weight is 299 g/mol. The van der Waals surface area contributed by atoms with Crippen molar-refractivity contribution in [1.82, 2.24) is 5.32 Å². The first-order chi connectivity index (χ1) is 10.7. The van der Waals surface area contributed by atoms with E-state index in [1.54, 1.807) is 7.05 Å². The summed E-state index contributed by atoms with van der Waals surface area (Å²) in [6.07, 6.45) is -0.636. The Balaban J connectivity index is 2.17. The molecule has 116 valence electrons. The third kappa shape index (κ3) is 3.86. The minimum absolute atomic E-state index is 0.176. The Morgan fingerprint density at radius 3 is 2.45 bits per heavy atom. The smallest absolute Gasteiger partial charge is 0.253 e. The maximum Gasteiger partial charge on any atom is 0.253 e. The molecule has 2 aromatic rings. The van der Waals surface area contributed by atoms with Gasteiger partial charge >= 0.3 is 0 Å². The van der Waals surface area contributed by atoms with Gasteiger partial charge in [-0.25, -0.2) is 0 Å². The molecule has 0 aromatic heterocycles. The van der Waals surface area contributed by atoms with E-state index < -0.39 is 6.10 Å². The number of aryl methyl sites for hydroxylation is 1. The zero-order valence-corrected chi connectivity index (χ0v) is 13.1. The van der Waals surface area contributed by atoms with Crippen LogP contribution >= 0.6 is 0 Å². The van der Waals surface area contributed by atoms with Crippen molar-refractivity contribution in [3.05, 3.63) is 65.2 Å². The van der Waals surface area contributed by atoms with E-state index in [-0.39, 0.29) is 5.91 Å². The normalized spacial score (nSPS) is 11.8. The first-order valence-electron chi connectivity index (χ1n) is 7.17. The largest absolute Gasteiger partial charge is 0.489 e. The number of likely N-dealkylation sites (N-methyl/N-ethyl adjacent to an activating group) is 1. The molecule has 22 heavy (non-hydrogen) atoms. The molecule has 0 bridgehead atoms. The number of nitrogens with one attached hydrogen (secondary N) is 1. The van der Waals surface area contributed by atoms with Crippen LogP contribution in [0.2, 0.25) is 0 Å². The van der Waals surface area contributed by atoms with Crippen LogP contribution in [0.1, 0.15) is 22.8 Å². The van der Waals surface area contributed by atoms with Crippen LogP contribution in [0, 0.1) is 6.92 Å². The summed E-state index contributed by atoms with van der Waals surface area (Å²) >= 11 is 0. The van der Waals surface area contributed by atoms with Crippen LogP contribution in [0.4, 0.5) is 0 Å². The molecule has 4 heteroatoms. The molecule has 1 unspecified atom stereocenters. The topological polar surface area (TPSA) is 47.6 Å². The van der Waals surface area contributed by atoms with Crippen LogP contribution in [0.15, 0.2) is 48.5 Å². The molecule has 0 heterocycles. The van der Waals surface area contributed by atoms with E-state index in [4.69, 9.17) is 9.47 Å². The summed E-state index contributed by atoms with van der Waals surface area (Å²) in [5.74, 6) is 0.625. The lowest BCUT2D eigenvalue weighted by molar-refractivity contribution is -0.130. The molecule has 0 saturated heterocycles. The van der Waals surface area contributed by atoms with Gasteiger partial charge in [-0.05, 0) is 30.2 Å². The van der Waals surface area contributed by atoms with Gasteiger partial charge in [0.1, 0.15) is 12.4 Å². The Hall–Kier alpha value is -2.33. The predicted molar refractivity (Wildman–Crippen MR) is 85.8 cm³/mol. The summed E-state index contributed by atoms with van der Waals surface area (Å²) in [6.45, 7) is 2.42. The lowest BCUT2D eigenvalue weighted by Crippen LogP contribution is -2.27. The second-order valence-corrected chi connectivity index (χ2v) is 5.03. The molecule has 4 nitrogen and oxygen atoms in total. The van der Waals surface area contributed by atoms with Crippen LogP contribution in [0.3, 0.4) is 0 Å². The quantitative estimate of drug-likeness (QED) is 0.892. The fraction of sp³-hybridized carbons (Fsp3) is 0.278. The van der Waals surface area contributed by atoms with Crippen molar-refractivity contribution in [3.8, 4) is 5.75 Å². The minimum Gasteiger partial charge on any atom is -0.489 e. The zero-order chi connectivity index (χ0) is 15.9. The Kier molecular flexibility index (Phi) is 5.55. The number of rotatable bonds is 6. The SMILES string of the molecule is CNC(=O)C(OC)c1ccccc1COc1ccc(C)cc1. The Morgan fingerprint density at radius 1 is 1.14 bits per heavy atom. The van der Waals surface area contributed by atoms with E-state index in [9.17, 15) is 4.79 Å². The summed E-state index contributed by atoms with van der Waals surface area (Å²) in [5, 5.41) is 2.62. The fourth-order valence-electron chi connectivity index (χ4n) is 2.22. The van der Waals surface area contributed by atoms with Gasteiger partial charge in [0.25, 0.3) is 5.91 Å². The van der Waals surface area contributed by atoms with Crippen LogP contribution < -0.4 is 10.1 Å². The number of hydrogen-bond donors (Lipinski definition) is 1. The van der Waals surface area contributed by atoms with Crippen molar-refractivity contribution in [2.45, 2.75) is 19.6 Å². The highest BCUT2D eigenvalue weighted by Gasteiger charge is 2.21. The fourth-order valence-corrected chi connectivity index (χ4v) is 2.22. The molecule has 0 radical (unpaired) electrons. The van der Waals surface area contributed by atoms with E-state index in [2.05, 4.69) is 5.32 Å². The second-order valence-electron chi connectivity index (χ2n) is 5.03. The van der Waals surface area contributed by atoms with Crippen molar-refractivity contribution in [2.24, 2.45) is 0 Å². The van der Waals surface area contributed by atoms with Crippen molar-refractivity contribution < 1.29 is 14.3 Å². The molecule has 0 saturated carbocycles. The van der Waals surface area contributed by atoms with Gasteiger partial charge in [0.15, 0.2) is 6.10 Å². The Bertz CT molecular complexity index is 622. The number of benzene rings is 2. The molecule has 0 aliphatic rings. The number of amides is 1. The Labute approximate surface area is 131 Å². The van der Waals surface area contributed by atoms with Crippen molar-refractivity contribution >= 4 is 5.91 Å². The van der Waals surface area contributed by atoms with E-state index in [1.165, 1.54) is 12.7 Å². The maximum absolute atomic E-state index is 11.9. The predicted octanol–water partition coefficient (Wildman–Crippen LogP) is 3.01. The van der Waals surface area contributed by atoms with Gasteiger partial charge in [-0.1, -0.05) is 42.0 Å². The van der Waals surface area contributed by atoms with Gasteiger partial charge in [-0.15, -0.1) is 0 Å². The van der Waals surface area contributed by atoms with Gasteiger partial charge in [0.2, 0.25) is 0 Å². The molecule has 0 aliphatic heterocycles. The summed E-state index contributed by atoms with van der Waals surface area (Å²) in [5.41, 5.74) is 2.93. The van der Waals surface area contributed by atoms with Crippen molar-refractivity contribution in [3.63, 3.8) is 0 Å². The molecule has 1 amide bonds. The summed E-state index contributed by atoms with van der Waals surface area (Å²) in [6, 6.07) is 15.5. The molecule has 0 fully saturated rings.